The number of nitrogens with one attached hydrogen (secondary N) is 1. The van der Waals surface area contributed by atoms with E-state index in [1.54, 1.807) is 23.7 Å². The molecule has 0 atom stereocenters. The number of aromatic nitrogens is 1. The molecule has 1 N–H and O–H groups in total. The minimum absolute atomic E-state index is 0.0663. The zero-order chi connectivity index (χ0) is 15.5. The van der Waals surface area contributed by atoms with Crippen molar-refractivity contribution in [3.8, 4) is 5.75 Å². The van der Waals surface area contributed by atoms with Crippen LogP contribution in [-0.4, -0.2) is 16.0 Å². The number of non-ortho nitro benzene ring substituents is 1. The fourth-order valence-corrected chi connectivity index (χ4v) is 2.54. The molecule has 3 aromatic rings. The van der Waals surface area contributed by atoms with Crippen LogP contribution in [0, 0.1) is 10.1 Å². The number of carbonyl (C=O) groups is 1. The first-order valence-corrected chi connectivity index (χ1v) is 7.06. The second kappa shape index (κ2) is 5.78. The summed E-state index contributed by atoms with van der Waals surface area (Å²) in [6.45, 7) is 0. The maximum atomic E-state index is 11.8. The third kappa shape index (κ3) is 3.01. The average Bonchev–Trinajstić information content (AvgIpc) is 2.95. The number of thiazole rings is 1. The van der Waals surface area contributed by atoms with Crippen molar-refractivity contribution in [2.75, 3.05) is 5.32 Å². The molecule has 1 heterocycles. The van der Waals surface area contributed by atoms with Gasteiger partial charge in [0.25, 0.3) is 5.69 Å². The molecule has 0 radical (unpaired) electrons. The second-order valence-corrected chi connectivity index (χ2v) is 5.19. The summed E-state index contributed by atoms with van der Waals surface area (Å²) in [7, 11) is 0. The van der Waals surface area contributed by atoms with E-state index in [-0.39, 0.29) is 11.4 Å². The molecule has 0 spiro atoms. The Balaban J connectivity index is 1.67. The molecule has 22 heavy (non-hydrogen) atoms. The van der Waals surface area contributed by atoms with Crippen molar-refractivity contribution in [2.24, 2.45) is 0 Å². The zero-order valence-electron chi connectivity index (χ0n) is 11.1. The number of rotatable bonds is 3. The van der Waals surface area contributed by atoms with Crippen LogP contribution in [0.3, 0.4) is 0 Å². The molecule has 1 amide bonds. The van der Waals surface area contributed by atoms with Gasteiger partial charge in [-0.2, -0.15) is 0 Å². The summed E-state index contributed by atoms with van der Waals surface area (Å²) >= 11 is 1.47. The summed E-state index contributed by atoms with van der Waals surface area (Å²) in [5.41, 5.74) is 3.11. The number of hydrogen-bond acceptors (Lipinski definition) is 6. The summed E-state index contributed by atoms with van der Waals surface area (Å²) in [5, 5.41) is 13.1. The lowest BCUT2D eigenvalue weighted by Gasteiger charge is -2.06. The van der Waals surface area contributed by atoms with Gasteiger partial charge < -0.3 is 4.74 Å². The molecule has 3 rings (SSSR count). The summed E-state index contributed by atoms with van der Waals surface area (Å²) in [6, 6.07) is 10.6. The van der Waals surface area contributed by atoms with E-state index in [2.05, 4.69) is 10.3 Å². The normalized spacial score (nSPS) is 10.4. The molecule has 0 saturated carbocycles. The van der Waals surface area contributed by atoms with Crippen LogP contribution < -0.4 is 10.1 Å². The Hall–Kier alpha value is -3.00. The summed E-state index contributed by atoms with van der Waals surface area (Å²) < 4.78 is 6.01. The number of benzene rings is 2. The molecule has 0 aliphatic heterocycles. The molecule has 0 aliphatic rings. The fourth-order valence-electron chi connectivity index (χ4n) is 1.82. The first-order valence-electron chi connectivity index (χ1n) is 6.18. The van der Waals surface area contributed by atoms with Crippen LogP contribution >= 0.6 is 11.3 Å². The van der Waals surface area contributed by atoms with E-state index in [1.165, 1.54) is 35.6 Å². The van der Waals surface area contributed by atoms with Crippen molar-refractivity contribution in [2.45, 2.75) is 0 Å². The molecule has 0 fully saturated rings. The van der Waals surface area contributed by atoms with Gasteiger partial charge in [-0.1, -0.05) is 0 Å². The predicted octanol–water partition coefficient (Wildman–Crippen LogP) is 3.82. The largest absolute Gasteiger partial charge is 0.417 e. The summed E-state index contributed by atoms with van der Waals surface area (Å²) in [5.74, 6) is 0.224. The van der Waals surface area contributed by atoms with Gasteiger partial charge in [0.05, 0.1) is 20.7 Å². The van der Waals surface area contributed by atoms with Crippen LogP contribution in [0.1, 0.15) is 0 Å². The molecule has 0 unspecified atom stereocenters. The van der Waals surface area contributed by atoms with Crippen molar-refractivity contribution >= 4 is 39.0 Å². The van der Waals surface area contributed by atoms with Gasteiger partial charge in [0.1, 0.15) is 5.75 Å². The van der Waals surface area contributed by atoms with E-state index in [0.717, 1.165) is 10.2 Å². The highest BCUT2D eigenvalue weighted by atomic mass is 32.1. The Kier molecular flexibility index (Phi) is 3.67. The van der Waals surface area contributed by atoms with Crippen LogP contribution in [0.2, 0.25) is 0 Å². The van der Waals surface area contributed by atoms with Gasteiger partial charge in [0, 0.05) is 17.8 Å². The number of nitro groups is 1. The second-order valence-electron chi connectivity index (χ2n) is 4.30. The van der Waals surface area contributed by atoms with E-state index in [1.807, 2.05) is 0 Å². The number of fused-ring (bicyclic) bond motifs is 1. The Labute approximate surface area is 128 Å². The first-order chi connectivity index (χ1) is 10.6. The Morgan fingerprint density at radius 3 is 2.73 bits per heavy atom. The van der Waals surface area contributed by atoms with Crippen LogP contribution in [0.4, 0.5) is 16.2 Å². The lowest BCUT2D eigenvalue weighted by atomic mass is 10.3. The molecular formula is C14H9N3O4S. The van der Waals surface area contributed by atoms with E-state index < -0.39 is 11.0 Å². The molecule has 0 aliphatic carbocycles. The van der Waals surface area contributed by atoms with E-state index in [4.69, 9.17) is 4.74 Å². The predicted molar refractivity (Wildman–Crippen MR) is 82.4 cm³/mol. The van der Waals surface area contributed by atoms with Gasteiger partial charge in [-0.15, -0.1) is 11.3 Å². The minimum atomic E-state index is -0.669. The van der Waals surface area contributed by atoms with Crippen LogP contribution in [-0.2, 0) is 0 Å². The average molecular weight is 315 g/mol. The lowest BCUT2D eigenvalue weighted by Crippen LogP contribution is -2.16. The third-order valence-corrected chi connectivity index (χ3v) is 3.63. The molecule has 0 bridgehead atoms. The van der Waals surface area contributed by atoms with Crippen molar-refractivity contribution < 1.29 is 14.5 Å². The van der Waals surface area contributed by atoms with Crippen molar-refractivity contribution in [3.05, 3.63) is 58.1 Å². The van der Waals surface area contributed by atoms with Crippen LogP contribution in [0.25, 0.3) is 10.2 Å². The van der Waals surface area contributed by atoms with Gasteiger partial charge in [-0.25, -0.2) is 9.78 Å². The number of amides is 1. The quantitative estimate of drug-likeness (QED) is 0.585. The smallest absolute Gasteiger partial charge is 0.410 e. The number of nitrogens with zero attached hydrogens (tertiary/aromatic N) is 2. The van der Waals surface area contributed by atoms with Crippen molar-refractivity contribution in [1.82, 2.24) is 4.98 Å². The SMILES string of the molecule is O=C(Nc1ccc2ncsc2c1)Oc1ccc([N+](=O)[O-])cc1. The molecule has 2 aromatic carbocycles. The first kappa shape index (κ1) is 14.0. The Morgan fingerprint density at radius 2 is 2.00 bits per heavy atom. The highest BCUT2D eigenvalue weighted by Crippen LogP contribution is 2.22. The van der Waals surface area contributed by atoms with Gasteiger partial charge >= 0.3 is 6.09 Å². The number of carbonyl (C=O) groups excluding carboxylic acids is 1. The standard InChI is InChI=1S/C14H9N3O4S/c18-14(21-11-4-2-10(3-5-11)17(19)20)16-9-1-6-12-13(7-9)22-8-15-12/h1-8H,(H,16,18). The van der Waals surface area contributed by atoms with Gasteiger partial charge in [-0.3, -0.25) is 15.4 Å². The monoisotopic (exact) mass is 315 g/mol. The Bertz CT molecular complexity index is 845. The third-order valence-electron chi connectivity index (χ3n) is 2.84. The molecule has 7 nitrogen and oxygen atoms in total. The van der Waals surface area contributed by atoms with Gasteiger partial charge in [0.15, 0.2) is 0 Å². The molecule has 1 aromatic heterocycles. The molecule has 110 valence electrons. The Morgan fingerprint density at radius 1 is 1.23 bits per heavy atom. The maximum absolute atomic E-state index is 11.8. The highest BCUT2D eigenvalue weighted by molar-refractivity contribution is 7.16. The highest BCUT2D eigenvalue weighted by Gasteiger charge is 2.09. The van der Waals surface area contributed by atoms with E-state index in [0.29, 0.717) is 5.69 Å². The maximum Gasteiger partial charge on any atom is 0.417 e. The van der Waals surface area contributed by atoms with Crippen molar-refractivity contribution in [3.63, 3.8) is 0 Å². The number of hydrogen-bond donors (Lipinski definition) is 1. The lowest BCUT2D eigenvalue weighted by molar-refractivity contribution is -0.384. The summed E-state index contributed by atoms with van der Waals surface area (Å²) in [6.07, 6.45) is -0.669. The van der Waals surface area contributed by atoms with Gasteiger partial charge in [-0.05, 0) is 30.3 Å². The number of nitro benzene ring substituents is 1. The van der Waals surface area contributed by atoms with E-state index >= 15 is 0 Å². The fraction of sp³-hybridized carbons (Fsp3) is 0. The zero-order valence-corrected chi connectivity index (χ0v) is 11.9. The van der Waals surface area contributed by atoms with Gasteiger partial charge in [0.2, 0.25) is 0 Å². The van der Waals surface area contributed by atoms with Crippen LogP contribution in [0.5, 0.6) is 5.75 Å². The summed E-state index contributed by atoms with van der Waals surface area (Å²) in [4.78, 5) is 26.0. The topological polar surface area (TPSA) is 94.4 Å². The molecular weight excluding hydrogens is 306 g/mol. The van der Waals surface area contributed by atoms with Crippen molar-refractivity contribution in [1.29, 1.82) is 0 Å². The molecule has 8 heteroatoms. The minimum Gasteiger partial charge on any atom is -0.410 e. The number of anilines is 1. The number of ether oxygens (including phenoxy) is 1. The molecule has 0 saturated heterocycles. The van der Waals surface area contributed by atoms with E-state index in [9.17, 15) is 14.9 Å². The van der Waals surface area contributed by atoms with Crippen LogP contribution in [0.15, 0.2) is 48.0 Å².